The Hall–Kier alpha value is -0.650. The zero-order valence-corrected chi connectivity index (χ0v) is 12.0. The summed E-state index contributed by atoms with van der Waals surface area (Å²) in [6.07, 6.45) is 4.76. The molecule has 1 saturated carbocycles. The van der Waals surface area contributed by atoms with Gasteiger partial charge in [0.2, 0.25) is 0 Å². The molecule has 0 spiro atoms. The van der Waals surface area contributed by atoms with Crippen molar-refractivity contribution in [3.63, 3.8) is 0 Å². The second-order valence-corrected chi connectivity index (χ2v) is 5.78. The van der Waals surface area contributed by atoms with Gasteiger partial charge in [0.1, 0.15) is 5.54 Å². The number of rotatable bonds is 4. The molecule has 0 aromatic carbocycles. The molecule has 1 heterocycles. The van der Waals surface area contributed by atoms with E-state index in [1.807, 2.05) is 0 Å². The van der Waals surface area contributed by atoms with Crippen LogP contribution in [0.2, 0.25) is 0 Å². The molecule has 3 atom stereocenters. The van der Waals surface area contributed by atoms with Crippen LogP contribution < -0.4 is 5.32 Å². The summed E-state index contributed by atoms with van der Waals surface area (Å²) in [6.45, 7) is 4.96. The number of likely N-dealkylation sites (N-methyl/N-ethyl adjacent to an activating group) is 1. The molecule has 2 rings (SSSR count). The Kier molecular flexibility index (Phi) is 4.81. The molecule has 3 unspecified atom stereocenters. The van der Waals surface area contributed by atoms with E-state index in [4.69, 9.17) is 4.74 Å². The third-order valence-electron chi connectivity index (χ3n) is 4.73. The smallest absolute Gasteiger partial charge is 0.323 e. The minimum atomic E-state index is -0.723. The maximum atomic E-state index is 11.5. The second-order valence-electron chi connectivity index (χ2n) is 5.78. The summed E-state index contributed by atoms with van der Waals surface area (Å²) < 4.78 is 5.79. The van der Waals surface area contributed by atoms with Crippen molar-refractivity contribution in [3.05, 3.63) is 0 Å². The first-order chi connectivity index (χ1) is 9.11. The standard InChI is InChI=1S/C14H26N2O3/c1-3-12-10-16(7-4-8-19-12)11-5-6-14(9-11,15-2)13(17)18/h11-12,15H,3-10H2,1-2H3,(H,17,18). The van der Waals surface area contributed by atoms with E-state index in [0.29, 0.717) is 18.6 Å². The van der Waals surface area contributed by atoms with Gasteiger partial charge in [0.05, 0.1) is 6.10 Å². The highest BCUT2D eigenvalue weighted by Gasteiger charge is 2.46. The number of hydrogen-bond acceptors (Lipinski definition) is 4. The molecule has 0 bridgehead atoms. The molecule has 0 aromatic rings. The van der Waals surface area contributed by atoms with E-state index in [2.05, 4.69) is 17.1 Å². The number of ether oxygens (including phenoxy) is 1. The van der Waals surface area contributed by atoms with Gasteiger partial charge in [0.15, 0.2) is 0 Å². The van der Waals surface area contributed by atoms with E-state index in [0.717, 1.165) is 45.4 Å². The van der Waals surface area contributed by atoms with Gasteiger partial charge < -0.3 is 15.2 Å². The maximum Gasteiger partial charge on any atom is 0.323 e. The summed E-state index contributed by atoms with van der Waals surface area (Å²) in [7, 11) is 1.76. The minimum absolute atomic E-state index is 0.303. The lowest BCUT2D eigenvalue weighted by Gasteiger charge is -2.31. The van der Waals surface area contributed by atoms with Crippen LogP contribution in [0.3, 0.4) is 0 Å². The zero-order chi connectivity index (χ0) is 13.9. The lowest BCUT2D eigenvalue weighted by atomic mass is 9.97. The molecule has 1 aliphatic carbocycles. The van der Waals surface area contributed by atoms with Crippen LogP contribution in [0.15, 0.2) is 0 Å². The van der Waals surface area contributed by atoms with Crippen molar-refractivity contribution in [3.8, 4) is 0 Å². The van der Waals surface area contributed by atoms with Crippen LogP contribution >= 0.6 is 0 Å². The van der Waals surface area contributed by atoms with E-state index < -0.39 is 11.5 Å². The van der Waals surface area contributed by atoms with E-state index in [-0.39, 0.29) is 0 Å². The SMILES string of the molecule is CCC1CN(C2CCC(NC)(C(=O)O)C2)CCCO1. The predicted molar refractivity (Wildman–Crippen MR) is 73.3 cm³/mol. The Morgan fingerprint density at radius 3 is 2.95 bits per heavy atom. The molecule has 2 N–H and O–H groups in total. The molecule has 110 valence electrons. The van der Waals surface area contributed by atoms with Crippen molar-refractivity contribution in [2.24, 2.45) is 0 Å². The monoisotopic (exact) mass is 270 g/mol. The van der Waals surface area contributed by atoms with Crippen LogP contribution in [0.25, 0.3) is 0 Å². The Balaban J connectivity index is 2.00. The molecule has 0 amide bonds. The topological polar surface area (TPSA) is 61.8 Å². The van der Waals surface area contributed by atoms with Gasteiger partial charge in [0, 0.05) is 25.7 Å². The number of hydrogen-bond donors (Lipinski definition) is 2. The number of nitrogens with zero attached hydrogens (tertiary/aromatic N) is 1. The summed E-state index contributed by atoms with van der Waals surface area (Å²) in [5.74, 6) is -0.712. The highest BCUT2D eigenvalue weighted by Crippen LogP contribution is 2.34. The quantitative estimate of drug-likeness (QED) is 0.800. The Labute approximate surface area is 115 Å². The Bertz CT molecular complexity index is 324. The summed E-state index contributed by atoms with van der Waals surface area (Å²) in [4.78, 5) is 13.9. The van der Waals surface area contributed by atoms with Gasteiger partial charge in [-0.15, -0.1) is 0 Å². The molecule has 2 aliphatic rings. The average Bonchev–Trinajstić information content (AvgIpc) is 2.72. The maximum absolute atomic E-state index is 11.5. The molecular weight excluding hydrogens is 244 g/mol. The Morgan fingerprint density at radius 2 is 2.37 bits per heavy atom. The molecule has 0 aromatic heterocycles. The molecule has 1 aliphatic heterocycles. The summed E-state index contributed by atoms with van der Waals surface area (Å²) >= 11 is 0. The van der Waals surface area contributed by atoms with E-state index in [1.165, 1.54) is 0 Å². The molecule has 5 heteroatoms. The number of aliphatic carboxylic acids is 1. The van der Waals surface area contributed by atoms with Crippen molar-refractivity contribution < 1.29 is 14.6 Å². The van der Waals surface area contributed by atoms with Gasteiger partial charge in [-0.3, -0.25) is 9.69 Å². The van der Waals surface area contributed by atoms with Gasteiger partial charge in [-0.25, -0.2) is 0 Å². The third-order valence-corrected chi connectivity index (χ3v) is 4.73. The summed E-state index contributed by atoms with van der Waals surface area (Å²) in [5.41, 5.74) is -0.723. The predicted octanol–water partition coefficient (Wildman–Crippen LogP) is 1.08. The van der Waals surface area contributed by atoms with E-state index in [1.54, 1.807) is 7.05 Å². The van der Waals surface area contributed by atoms with Crippen LogP contribution in [0.4, 0.5) is 0 Å². The lowest BCUT2D eigenvalue weighted by molar-refractivity contribution is -0.144. The van der Waals surface area contributed by atoms with Crippen LogP contribution in [0.1, 0.15) is 39.0 Å². The van der Waals surface area contributed by atoms with Crippen molar-refractivity contribution in [2.45, 2.75) is 56.7 Å². The number of carbonyl (C=O) groups is 1. The van der Waals surface area contributed by atoms with Crippen LogP contribution in [0, 0.1) is 0 Å². The normalized spacial score (nSPS) is 37.2. The molecule has 2 fully saturated rings. The van der Waals surface area contributed by atoms with Crippen molar-refractivity contribution in [1.29, 1.82) is 0 Å². The van der Waals surface area contributed by atoms with E-state index >= 15 is 0 Å². The first-order valence-corrected chi connectivity index (χ1v) is 7.39. The lowest BCUT2D eigenvalue weighted by Crippen LogP contribution is -2.50. The van der Waals surface area contributed by atoms with Gasteiger partial charge >= 0.3 is 5.97 Å². The second kappa shape index (κ2) is 6.20. The first kappa shape index (κ1) is 14.8. The van der Waals surface area contributed by atoms with Crippen LogP contribution in [-0.4, -0.2) is 60.4 Å². The average molecular weight is 270 g/mol. The number of nitrogens with one attached hydrogen (secondary N) is 1. The summed E-state index contributed by atoms with van der Waals surface area (Å²) in [6, 6.07) is 0.374. The fourth-order valence-electron chi connectivity index (χ4n) is 3.36. The number of carboxylic acid groups (broad SMARTS) is 1. The van der Waals surface area contributed by atoms with Gasteiger partial charge in [-0.2, -0.15) is 0 Å². The molecule has 5 nitrogen and oxygen atoms in total. The van der Waals surface area contributed by atoms with Crippen molar-refractivity contribution >= 4 is 5.97 Å². The van der Waals surface area contributed by atoms with Gasteiger partial charge in [-0.05, 0) is 39.2 Å². The fourth-order valence-corrected chi connectivity index (χ4v) is 3.36. The van der Waals surface area contributed by atoms with E-state index in [9.17, 15) is 9.90 Å². The highest BCUT2D eigenvalue weighted by atomic mass is 16.5. The van der Waals surface area contributed by atoms with Crippen molar-refractivity contribution in [1.82, 2.24) is 10.2 Å². The molecular formula is C14H26N2O3. The zero-order valence-electron chi connectivity index (χ0n) is 12.0. The largest absolute Gasteiger partial charge is 0.480 e. The summed E-state index contributed by atoms with van der Waals surface area (Å²) in [5, 5.41) is 12.5. The van der Waals surface area contributed by atoms with Crippen LogP contribution in [-0.2, 0) is 9.53 Å². The third kappa shape index (κ3) is 3.09. The Morgan fingerprint density at radius 1 is 1.58 bits per heavy atom. The van der Waals surface area contributed by atoms with Crippen LogP contribution in [0.5, 0.6) is 0 Å². The fraction of sp³-hybridized carbons (Fsp3) is 0.929. The van der Waals surface area contributed by atoms with Crippen molar-refractivity contribution in [2.75, 3.05) is 26.7 Å². The molecule has 19 heavy (non-hydrogen) atoms. The highest BCUT2D eigenvalue weighted by molar-refractivity contribution is 5.79. The molecule has 1 saturated heterocycles. The number of carboxylic acids is 1. The van der Waals surface area contributed by atoms with Gasteiger partial charge in [-0.1, -0.05) is 6.92 Å². The first-order valence-electron chi connectivity index (χ1n) is 7.39. The van der Waals surface area contributed by atoms with Gasteiger partial charge in [0.25, 0.3) is 0 Å². The molecule has 0 radical (unpaired) electrons. The minimum Gasteiger partial charge on any atom is -0.480 e.